The van der Waals surface area contributed by atoms with Crippen molar-refractivity contribution in [3.63, 3.8) is 0 Å². The van der Waals surface area contributed by atoms with E-state index in [9.17, 15) is 14.7 Å². The SMILES string of the molecule is CC(NC(=O)NCC(C(=O)O)c1ccccc1)C1CCC1. The molecule has 0 spiro atoms. The number of hydrogen-bond donors (Lipinski definition) is 3. The van der Waals surface area contributed by atoms with Crippen molar-refractivity contribution in [3.8, 4) is 0 Å². The molecule has 0 heterocycles. The average Bonchev–Trinajstić information content (AvgIpc) is 2.37. The van der Waals surface area contributed by atoms with E-state index in [2.05, 4.69) is 10.6 Å². The minimum atomic E-state index is -0.937. The van der Waals surface area contributed by atoms with Crippen molar-refractivity contribution in [2.24, 2.45) is 5.92 Å². The molecule has 2 amide bonds. The van der Waals surface area contributed by atoms with Gasteiger partial charge in [0.2, 0.25) is 0 Å². The fourth-order valence-electron chi connectivity index (χ4n) is 2.54. The summed E-state index contributed by atoms with van der Waals surface area (Å²) in [6.07, 6.45) is 3.54. The number of carboxylic acid groups (broad SMARTS) is 1. The summed E-state index contributed by atoms with van der Waals surface area (Å²) in [5, 5.41) is 14.8. The van der Waals surface area contributed by atoms with Crippen LogP contribution in [0.4, 0.5) is 4.79 Å². The molecule has 1 aliphatic carbocycles. The molecule has 0 aliphatic heterocycles. The van der Waals surface area contributed by atoms with Crippen LogP contribution in [-0.4, -0.2) is 29.7 Å². The lowest BCUT2D eigenvalue weighted by molar-refractivity contribution is -0.138. The van der Waals surface area contributed by atoms with Crippen molar-refractivity contribution in [2.75, 3.05) is 6.54 Å². The Balaban J connectivity index is 1.84. The Morgan fingerprint density at radius 3 is 2.48 bits per heavy atom. The van der Waals surface area contributed by atoms with E-state index in [4.69, 9.17) is 0 Å². The third kappa shape index (κ3) is 4.21. The Hall–Kier alpha value is -2.04. The summed E-state index contributed by atoms with van der Waals surface area (Å²) in [5.41, 5.74) is 0.692. The van der Waals surface area contributed by atoms with E-state index in [1.807, 2.05) is 13.0 Å². The zero-order valence-electron chi connectivity index (χ0n) is 12.2. The van der Waals surface area contributed by atoms with Gasteiger partial charge in [0.05, 0.1) is 5.92 Å². The number of hydrogen-bond acceptors (Lipinski definition) is 2. The predicted molar refractivity (Wildman–Crippen MR) is 80.2 cm³/mol. The van der Waals surface area contributed by atoms with E-state index in [1.54, 1.807) is 24.3 Å². The topological polar surface area (TPSA) is 78.4 Å². The van der Waals surface area contributed by atoms with Crippen LogP contribution in [0.25, 0.3) is 0 Å². The molecule has 1 aromatic rings. The standard InChI is InChI=1S/C16H22N2O3/c1-11(12-8-5-9-12)18-16(21)17-10-14(15(19)20)13-6-3-2-4-7-13/h2-4,6-7,11-12,14H,5,8-10H2,1H3,(H,19,20)(H2,17,18,21). The fourth-order valence-corrected chi connectivity index (χ4v) is 2.54. The van der Waals surface area contributed by atoms with Crippen molar-refractivity contribution in [3.05, 3.63) is 35.9 Å². The largest absolute Gasteiger partial charge is 0.481 e. The highest BCUT2D eigenvalue weighted by atomic mass is 16.4. The van der Waals surface area contributed by atoms with E-state index < -0.39 is 11.9 Å². The predicted octanol–water partition coefficient (Wildman–Crippen LogP) is 2.34. The number of carbonyl (C=O) groups excluding carboxylic acids is 1. The van der Waals surface area contributed by atoms with Gasteiger partial charge in [0.25, 0.3) is 0 Å². The Bertz CT molecular complexity index is 486. The van der Waals surface area contributed by atoms with Crippen LogP contribution >= 0.6 is 0 Å². The molecule has 2 unspecified atom stereocenters. The molecule has 21 heavy (non-hydrogen) atoms. The van der Waals surface area contributed by atoms with Gasteiger partial charge in [0.15, 0.2) is 0 Å². The molecule has 1 aliphatic rings. The van der Waals surface area contributed by atoms with E-state index in [-0.39, 0.29) is 18.6 Å². The van der Waals surface area contributed by atoms with Gasteiger partial charge >= 0.3 is 12.0 Å². The molecular formula is C16H22N2O3. The lowest BCUT2D eigenvalue weighted by Crippen LogP contribution is -2.47. The first-order valence-electron chi connectivity index (χ1n) is 7.40. The molecule has 114 valence electrons. The number of urea groups is 1. The molecule has 2 atom stereocenters. The van der Waals surface area contributed by atoms with Crippen LogP contribution in [0.15, 0.2) is 30.3 Å². The van der Waals surface area contributed by atoms with Gasteiger partial charge in [-0.25, -0.2) is 4.79 Å². The van der Waals surface area contributed by atoms with Crippen LogP contribution < -0.4 is 10.6 Å². The van der Waals surface area contributed by atoms with Crippen molar-refractivity contribution in [1.82, 2.24) is 10.6 Å². The molecule has 1 saturated carbocycles. The second kappa shape index (κ2) is 7.11. The molecule has 3 N–H and O–H groups in total. The van der Waals surface area contributed by atoms with Gasteiger partial charge < -0.3 is 15.7 Å². The summed E-state index contributed by atoms with van der Waals surface area (Å²) in [7, 11) is 0. The van der Waals surface area contributed by atoms with Crippen LogP contribution in [0.2, 0.25) is 0 Å². The van der Waals surface area contributed by atoms with Gasteiger partial charge in [-0.15, -0.1) is 0 Å². The Morgan fingerprint density at radius 1 is 1.29 bits per heavy atom. The number of aliphatic carboxylic acids is 1. The number of nitrogens with one attached hydrogen (secondary N) is 2. The Morgan fingerprint density at radius 2 is 1.95 bits per heavy atom. The first kappa shape index (κ1) is 15.4. The Labute approximate surface area is 124 Å². The van der Waals surface area contributed by atoms with Crippen LogP contribution in [-0.2, 0) is 4.79 Å². The quantitative estimate of drug-likeness (QED) is 0.752. The second-order valence-electron chi connectivity index (χ2n) is 5.64. The van der Waals surface area contributed by atoms with Crippen LogP contribution in [0.5, 0.6) is 0 Å². The summed E-state index contributed by atoms with van der Waals surface area (Å²) in [4.78, 5) is 23.2. The first-order chi connectivity index (χ1) is 10.1. The van der Waals surface area contributed by atoms with Gasteiger partial charge in [0.1, 0.15) is 0 Å². The molecule has 0 saturated heterocycles. The van der Waals surface area contributed by atoms with E-state index in [0.29, 0.717) is 11.5 Å². The maximum absolute atomic E-state index is 11.8. The second-order valence-corrected chi connectivity index (χ2v) is 5.64. The molecule has 1 fully saturated rings. The highest BCUT2D eigenvalue weighted by Gasteiger charge is 2.25. The summed E-state index contributed by atoms with van der Waals surface area (Å²) in [5.74, 6) is -1.11. The van der Waals surface area contributed by atoms with Crippen LogP contribution in [0.1, 0.15) is 37.7 Å². The first-order valence-corrected chi connectivity index (χ1v) is 7.40. The van der Waals surface area contributed by atoms with Gasteiger partial charge in [-0.2, -0.15) is 0 Å². The summed E-state index contributed by atoms with van der Waals surface area (Å²) < 4.78 is 0. The van der Waals surface area contributed by atoms with E-state index in [1.165, 1.54) is 6.42 Å². The lowest BCUT2D eigenvalue weighted by Gasteiger charge is -2.31. The molecule has 5 nitrogen and oxygen atoms in total. The number of rotatable bonds is 6. The number of benzene rings is 1. The number of amides is 2. The van der Waals surface area contributed by atoms with Crippen LogP contribution in [0, 0.1) is 5.92 Å². The summed E-state index contributed by atoms with van der Waals surface area (Å²) in [6, 6.07) is 8.79. The highest BCUT2D eigenvalue weighted by Crippen LogP contribution is 2.29. The van der Waals surface area contributed by atoms with E-state index >= 15 is 0 Å². The molecule has 2 rings (SSSR count). The molecule has 5 heteroatoms. The lowest BCUT2D eigenvalue weighted by atomic mass is 9.80. The maximum atomic E-state index is 11.8. The normalized spacial score (nSPS) is 17.4. The van der Waals surface area contributed by atoms with Gasteiger partial charge in [0, 0.05) is 12.6 Å². The molecular weight excluding hydrogens is 268 g/mol. The zero-order chi connectivity index (χ0) is 15.2. The van der Waals surface area contributed by atoms with E-state index in [0.717, 1.165) is 12.8 Å². The molecule has 0 radical (unpaired) electrons. The zero-order valence-corrected chi connectivity index (χ0v) is 12.2. The maximum Gasteiger partial charge on any atom is 0.315 e. The molecule has 1 aromatic carbocycles. The summed E-state index contributed by atoms with van der Waals surface area (Å²) >= 11 is 0. The minimum absolute atomic E-state index is 0.0859. The highest BCUT2D eigenvalue weighted by molar-refractivity contribution is 5.79. The van der Waals surface area contributed by atoms with Crippen molar-refractivity contribution < 1.29 is 14.7 Å². The summed E-state index contributed by atoms with van der Waals surface area (Å²) in [6.45, 7) is 2.08. The van der Waals surface area contributed by atoms with Crippen LogP contribution in [0.3, 0.4) is 0 Å². The average molecular weight is 290 g/mol. The fraction of sp³-hybridized carbons (Fsp3) is 0.500. The van der Waals surface area contributed by atoms with Crippen molar-refractivity contribution in [2.45, 2.75) is 38.1 Å². The van der Waals surface area contributed by atoms with Crippen molar-refractivity contribution >= 4 is 12.0 Å². The minimum Gasteiger partial charge on any atom is -0.481 e. The monoisotopic (exact) mass is 290 g/mol. The van der Waals surface area contributed by atoms with Gasteiger partial charge in [-0.3, -0.25) is 4.79 Å². The molecule has 0 aromatic heterocycles. The van der Waals surface area contributed by atoms with Gasteiger partial charge in [-0.05, 0) is 31.2 Å². The number of carboxylic acids is 1. The third-order valence-electron chi connectivity index (χ3n) is 4.18. The number of carbonyl (C=O) groups is 2. The Kier molecular flexibility index (Phi) is 5.20. The third-order valence-corrected chi connectivity index (χ3v) is 4.18. The smallest absolute Gasteiger partial charge is 0.315 e. The van der Waals surface area contributed by atoms with Crippen molar-refractivity contribution in [1.29, 1.82) is 0 Å². The molecule has 0 bridgehead atoms. The van der Waals surface area contributed by atoms with Gasteiger partial charge in [-0.1, -0.05) is 36.8 Å².